The van der Waals surface area contributed by atoms with Gasteiger partial charge in [0.2, 0.25) is 0 Å². The number of piperidine rings is 1. The van der Waals surface area contributed by atoms with Gasteiger partial charge >= 0.3 is 0 Å². The Labute approximate surface area is 134 Å². The Morgan fingerprint density at radius 2 is 1.86 bits per heavy atom. The van der Waals surface area contributed by atoms with Crippen LogP contribution in [-0.2, 0) is 11.8 Å². The smallest absolute Gasteiger partial charge is 0.167 e. The predicted molar refractivity (Wildman–Crippen MR) is 91.6 cm³/mol. The molecule has 0 radical (unpaired) electrons. The van der Waals surface area contributed by atoms with Gasteiger partial charge in [0.15, 0.2) is 5.78 Å². The monoisotopic (exact) mass is 299 g/mol. The molecule has 0 spiro atoms. The Bertz CT molecular complexity index is 549. The van der Waals surface area contributed by atoms with Gasteiger partial charge in [0.1, 0.15) is 0 Å². The maximum absolute atomic E-state index is 12.9. The van der Waals surface area contributed by atoms with Crippen LogP contribution in [-0.4, -0.2) is 30.3 Å². The van der Waals surface area contributed by atoms with Gasteiger partial charge in [-0.3, -0.25) is 4.79 Å². The largest absolute Gasteiger partial charge is 0.303 e. The number of carbonyl (C=O) groups is 1. The van der Waals surface area contributed by atoms with E-state index in [0.29, 0.717) is 5.78 Å². The van der Waals surface area contributed by atoms with Crippen molar-refractivity contribution >= 4 is 5.78 Å². The molecule has 1 unspecified atom stereocenters. The number of carbonyl (C=O) groups excluding carboxylic acids is 1. The Morgan fingerprint density at radius 1 is 1.14 bits per heavy atom. The van der Waals surface area contributed by atoms with E-state index in [2.05, 4.69) is 43.9 Å². The van der Waals surface area contributed by atoms with Crippen LogP contribution in [0.15, 0.2) is 18.2 Å². The lowest BCUT2D eigenvalue weighted by molar-refractivity contribution is 0.0845. The number of benzene rings is 1. The number of hydrogen-bond acceptors (Lipinski definition) is 2. The molecule has 0 saturated carbocycles. The molecule has 1 saturated heterocycles. The highest BCUT2D eigenvalue weighted by Gasteiger charge is 2.30. The summed E-state index contributed by atoms with van der Waals surface area (Å²) in [4.78, 5) is 15.4. The van der Waals surface area contributed by atoms with E-state index < -0.39 is 0 Å². The van der Waals surface area contributed by atoms with E-state index in [4.69, 9.17) is 0 Å². The second kappa shape index (κ2) is 6.16. The Hall–Kier alpha value is -1.15. The first-order valence-electron chi connectivity index (χ1n) is 8.85. The fraction of sp³-hybridized carbons (Fsp3) is 0.650. The van der Waals surface area contributed by atoms with Crippen molar-refractivity contribution in [2.24, 2.45) is 5.92 Å². The van der Waals surface area contributed by atoms with Gasteiger partial charge in [0.25, 0.3) is 0 Å². The molecular weight excluding hydrogens is 270 g/mol. The maximum atomic E-state index is 12.9. The van der Waals surface area contributed by atoms with Crippen LogP contribution in [0.25, 0.3) is 0 Å². The number of Topliss-reactive ketones (excluding diaryl/α,β-unsaturated/α-hetero) is 1. The summed E-state index contributed by atoms with van der Waals surface area (Å²) in [5.74, 6) is 0.596. The summed E-state index contributed by atoms with van der Waals surface area (Å²) in [7, 11) is 0. The first kappa shape index (κ1) is 15.7. The second-order valence-corrected chi connectivity index (χ2v) is 8.08. The highest BCUT2D eigenvalue weighted by atomic mass is 16.1. The van der Waals surface area contributed by atoms with Gasteiger partial charge in [-0.1, -0.05) is 39.3 Å². The fourth-order valence-electron chi connectivity index (χ4n) is 3.80. The minimum Gasteiger partial charge on any atom is -0.303 e. The van der Waals surface area contributed by atoms with Crippen LogP contribution in [0.4, 0.5) is 0 Å². The lowest BCUT2D eigenvalue weighted by Gasteiger charge is -2.32. The van der Waals surface area contributed by atoms with E-state index in [1.807, 2.05) is 0 Å². The number of rotatable bonds is 2. The Morgan fingerprint density at radius 3 is 2.55 bits per heavy atom. The number of ketones is 1. The third-order valence-corrected chi connectivity index (χ3v) is 5.30. The molecule has 1 aromatic carbocycles. The lowest BCUT2D eigenvalue weighted by Crippen LogP contribution is -2.38. The van der Waals surface area contributed by atoms with Gasteiger partial charge in [-0.15, -0.1) is 0 Å². The van der Waals surface area contributed by atoms with Crippen molar-refractivity contribution in [3.8, 4) is 0 Å². The van der Waals surface area contributed by atoms with E-state index in [-0.39, 0.29) is 11.3 Å². The van der Waals surface area contributed by atoms with Gasteiger partial charge in [-0.2, -0.15) is 0 Å². The number of aryl methyl sites for hydroxylation is 1. The molecule has 2 nitrogen and oxygen atoms in total. The van der Waals surface area contributed by atoms with Gasteiger partial charge in [0, 0.05) is 18.0 Å². The number of hydrogen-bond donors (Lipinski definition) is 0. The molecule has 1 aliphatic heterocycles. The summed E-state index contributed by atoms with van der Waals surface area (Å²) in [5.41, 5.74) is 3.64. The molecule has 3 rings (SSSR count). The van der Waals surface area contributed by atoms with Crippen LogP contribution >= 0.6 is 0 Å². The SMILES string of the molecule is CC(C)(C)c1ccc2c(c1)C(=O)C(CN1CCCCC1)CC2. The van der Waals surface area contributed by atoms with E-state index in [1.54, 1.807) is 0 Å². The summed E-state index contributed by atoms with van der Waals surface area (Å²) in [6.07, 6.45) is 6.03. The first-order chi connectivity index (χ1) is 10.4. The quantitative estimate of drug-likeness (QED) is 0.815. The fourth-order valence-corrected chi connectivity index (χ4v) is 3.80. The summed E-state index contributed by atoms with van der Waals surface area (Å²) in [6, 6.07) is 6.56. The normalized spacial score (nSPS) is 23.4. The van der Waals surface area contributed by atoms with Crippen LogP contribution in [0.2, 0.25) is 0 Å². The summed E-state index contributed by atoms with van der Waals surface area (Å²) < 4.78 is 0. The summed E-state index contributed by atoms with van der Waals surface area (Å²) in [5, 5.41) is 0. The van der Waals surface area contributed by atoms with Crippen LogP contribution in [0, 0.1) is 5.92 Å². The molecule has 0 bridgehead atoms. The van der Waals surface area contributed by atoms with E-state index in [9.17, 15) is 4.79 Å². The van der Waals surface area contributed by atoms with E-state index >= 15 is 0 Å². The highest BCUT2D eigenvalue weighted by molar-refractivity contribution is 6.00. The highest BCUT2D eigenvalue weighted by Crippen LogP contribution is 2.31. The zero-order valence-corrected chi connectivity index (χ0v) is 14.3. The molecule has 0 amide bonds. The summed E-state index contributed by atoms with van der Waals surface area (Å²) in [6.45, 7) is 9.98. The molecule has 1 aromatic rings. The predicted octanol–water partition coefficient (Wildman–Crippen LogP) is 4.22. The molecule has 0 N–H and O–H groups in total. The average Bonchev–Trinajstić information content (AvgIpc) is 2.50. The third kappa shape index (κ3) is 3.27. The summed E-state index contributed by atoms with van der Waals surface area (Å²) >= 11 is 0. The average molecular weight is 299 g/mol. The minimum absolute atomic E-state index is 0.106. The van der Waals surface area contributed by atoms with Crippen molar-refractivity contribution in [2.45, 2.75) is 58.3 Å². The molecular formula is C20H29NO. The maximum Gasteiger partial charge on any atom is 0.167 e. The zero-order chi connectivity index (χ0) is 15.7. The molecule has 0 aromatic heterocycles. The van der Waals surface area contributed by atoms with Crippen molar-refractivity contribution in [3.05, 3.63) is 34.9 Å². The van der Waals surface area contributed by atoms with Gasteiger partial charge in [0.05, 0.1) is 0 Å². The van der Waals surface area contributed by atoms with Gasteiger partial charge in [-0.05, 0) is 61.4 Å². The third-order valence-electron chi connectivity index (χ3n) is 5.30. The number of nitrogens with zero attached hydrogens (tertiary/aromatic N) is 1. The molecule has 22 heavy (non-hydrogen) atoms. The topological polar surface area (TPSA) is 20.3 Å². The van der Waals surface area contributed by atoms with Gasteiger partial charge < -0.3 is 4.90 Å². The lowest BCUT2D eigenvalue weighted by atomic mass is 9.78. The number of likely N-dealkylation sites (tertiary alicyclic amines) is 1. The molecule has 1 fully saturated rings. The zero-order valence-electron chi connectivity index (χ0n) is 14.3. The molecule has 1 heterocycles. The minimum atomic E-state index is 0.106. The van der Waals surface area contributed by atoms with E-state index in [1.165, 1.54) is 43.5 Å². The van der Waals surface area contributed by atoms with Gasteiger partial charge in [-0.25, -0.2) is 0 Å². The van der Waals surface area contributed by atoms with Crippen molar-refractivity contribution < 1.29 is 4.79 Å². The van der Waals surface area contributed by atoms with Crippen molar-refractivity contribution in [1.82, 2.24) is 4.90 Å². The van der Waals surface area contributed by atoms with Crippen molar-refractivity contribution in [3.63, 3.8) is 0 Å². The molecule has 1 atom stereocenters. The van der Waals surface area contributed by atoms with Crippen molar-refractivity contribution in [1.29, 1.82) is 0 Å². The molecule has 1 aliphatic carbocycles. The van der Waals surface area contributed by atoms with Crippen LogP contribution in [0.1, 0.15) is 67.9 Å². The van der Waals surface area contributed by atoms with Crippen LogP contribution < -0.4 is 0 Å². The molecule has 120 valence electrons. The van der Waals surface area contributed by atoms with Crippen molar-refractivity contribution in [2.75, 3.05) is 19.6 Å². The van der Waals surface area contributed by atoms with Crippen LogP contribution in [0.5, 0.6) is 0 Å². The first-order valence-corrected chi connectivity index (χ1v) is 8.85. The number of fused-ring (bicyclic) bond motifs is 1. The van der Waals surface area contributed by atoms with Crippen LogP contribution in [0.3, 0.4) is 0 Å². The molecule has 2 aliphatic rings. The Kier molecular flexibility index (Phi) is 4.40. The molecule has 2 heteroatoms. The van der Waals surface area contributed by atoms with E-state index in [0.717, 1.165) is 24.9 Å². The standard InChI is InChI=1S/C20H29NO/c1-20(2,3)17-10-9-15-7-8-16(19(22)18(15)13-17)14-21-11-5-4-6-12-21/h9-10,13,16H,4-8,11-12,14H2,1-3H3. The Balaban J connectivity index is 1.78. The second-order valence-electron chi connectivity index (χ2n) is 8.08.